The molecule has 1 amide bonds. The molecule has 6 heteroatoms. The fourth-order valence-corrected chi connectivity index (χ4v) is 4.03. The van der Waals surface area contributed by atoms with E-state index in [1.807, 2.05) is 26.0 Å². The molecule has 1 N–H and O–H groups in total. The first-order chi connectivity index (χ1) is 13.3. The number of benzene rings is 1. The van der Waals surface area contributed by atoms with Gasteiger partial charge >= 0.3 is 12.1 Å². The highest BCUT2D eigenvalue weighted by atomic mass is 16.6. The van der Waals surface area contributed by atoms with Crippen LogP contribution in [0.3, 0.4) is 0 Å². The van der Waals surface area contributed by atoms with E-state index in [0.717, 1.165) is 25.9 Å². The Bertz CT molecular complexity index is 676. The molecule has 0 radical (unpaired) electrons. The molecule has 0 aromatic heterocycles. The van der Waals surface area contributed by atoms with Crippen molar-refractivity contribution in [1.82, 2.24) is 10.2 Å². The molecule has 1 aliphatic rings. The van der Waals surface area contributed by atoms with Crippen LogP contribution in [0, 0.1) is 5.92 Å². The molecule has 0 aliphatic carbocycles. The molecule has 1 fully saturated rings. The van der Waals surface area contributed by atoms with E-state index in [4.69, 9.17) is 9.47 Å². The van der Waals surface area contributed by atoms with E-state index in [1.54, 1.807) is 6.07 Å². The van der Waals surface area contributed by atoms with Gasteiger partial charge in [0.1, 0.15) is 11.8 Å². The highest BCUT2D eigenvalue weighted by Crippen LogP contribution is 2.37. The summed E-state index contributed by atoms with van der Waals surface area (Å²) in [7, 11) is 3.48. The number of nitrogens with one attached hydrogen (secondary N) is 1. The normalized spacial score (nSPS) is 21.6. The number of likely N-dealkylation sites (tertiary alicyclic amines) is 1. The Morgan fingerprint density at radius 1 is 1.29 bits per heavy atom. The minimum Gasteiger partial charge on any atom is -0.467 e. The van der Waals surface area contributed by atoms with E-state index in [0.29, 0.717) is 5.75 Å². The number of amides is 1. The van der Waals surface area contributed by atoms with E-state index in [1.165, 1.54) is 25.5 Å². The zero-order valence-corrected chi connectivity index (χ0v) is 17.8. The second-order valence-corrected chi connectivity index (χ2v) is 8.14. The molecule has 1 aromatic carbocycles. The van der Waals surface area contributed by atoms with E-state index in [-0.39, 0.29) is 11.3 Å². The minimum atomic E-state index is -0.738. The molecule has 1 aromatic rings. The maximum Gasteiger partial charge on any atom is 0.413 e. The van der Waals surface area contributed by atoms with Crippen molar-refractivity contribution in [3.8, 4) is 5.75 Å². The maximum atomic E-state index is 12.3. The fourth-order valence-electron chi connectivity index (χ4n) is 4.03. The molecule has 1 aliphatic heterocycles. The van der Waals surface area contributed by atoms with Crippen LogP contribution in [0.5, 0.6) is 5.75 Å². The molecule has 1 heterocycles. The van der Waals surface area contributed by atoms with Crippen LogP contribution in [0.25, 0.3) is 0 Å². The molecule has 2 atom stereocenters. The quantitative estimate of drug-likeness (QED) is 0.750. The fraction of sp³-hybridized carbons (Fsp3) is 0.636. The van der Waals surface area contributed by atoms with Crippen LogP contribution in [0.15, 0.2) is 24.3 Å². The summed E-state index contributed by atoms with van der Waals surface area (Å²) in [6.07, 6.45) is 3.91. The van der Waals surface area contributed by atoms with Crippen LogP contribution in [0.4, 0.5) is 4.79 Å². The van der Waals surface area contributed by atoms with Gasteiger partial charge in [-0.15, -0.1) is 0 Å². The van der Waals surface area contributed by atoms with Crippen LogP contribution in [-0.2, 0) is 14.9 Å². The van der Waals surface area contributed by atoms with Gasteiger partial charge in [0.2, 0.25) is 0 Å². The predicted octanol–water partition coefficient (Wildman–Crippen LogP) is 3.74. The molecule has 156 valence electrons. The number of hydrogen-bond donors (Lipinski definition) is 1. The average Bonchev–Trinajstić information content (AvgIpc) is 2.87. The number of hydrogen-bond acceptors (Lipinski definition) is 5. The van der Waals surface area contributed by atoms with Crippen molar-refractivity contribution in [2.24, 2.45) is 5.92 Å². The topological polar surface area (TPSA) is 67.9 Å². The summed E-state index contributed by atoms with van der Waals surface area (Å²) >= 11 is 0. The molecule has 0 spiro atoms. The number of esters is 1. The van der Waals surface area contributed by atoms with Crippen LogP contribution >= 0.6 is 0 Å². The van der Waals surface area contributed by atoms with Crippen LogP contribution in [-0.4, -0.2) is 50.3 Å². The molecule has 28 heavy (non-hydrogen) atoms. The maximum absolute atomic E-state index is 12.3. The summed E-state index contributed by atoms with van der Waals surface area (Å²) in [5, 5.41) is 2.61. The smallest absolute Gasteiger partial charge is 0.413 e. The highest BCUT2D eigenvalue weighted by Gasteiger charge is 2.33. The Balaban J connectivity index is 2.16. The van der Waals surface area contributed by atoms with Crippen molar-refractivity contribution in [2.45, 2.75) is 57.9 Å². The lowest BCUT2D eigenvalue weighted by Crippen LogP contribution is -2.46. The van der Waals surface area contributed by atoms with Crippen LogP contribution in [0.1, 0.15) is 52.0 Å². The molecular formula is C22H34N2O4. The van der Waals surface area contributed by atoms with Crippen molar-refractivity contribution in [2.75, 3.05) is 27.2 Å². The van der Waals surface area contributed by atoms with Crippen molar-refractivity contribution in [3.05, 3.63) is 29.8 Å². The van der Waals surface area contributed by atoms with Gasteiger partial charge in [-0.05, 0) is 56.5 Å². The summed E-state index contributed by atoms with van der Waals surface area (Å²) in [6.45, 7) is 8.02. The van der Waals surface area contributed by atoms with Gasteiger partial charge in [-0.1, -0.05) is 39.3 Å². The van der Waals surface area contributed by atoms with Crippen molar-refractivity contribution >= 4 is 12.1 Å². The summed E-state index contributed by atoms with van der Waals surface area (Å²) in [6, 6.07) is 7.05. The first kappa shape index (κ1) is 22.2. The Morgan fingerprint density at radius 2 is 2.04 bits per heavy atom. The van der Waals surface area contributed by atoms with Crippen LogP contribution < -0.4 is 10.1 Å². The second-order valence-electron chi connectivity index (χ2n) is 8.14. The highest BCUT2D eigenvalue weighted by molar-refractivity contribution is 5.82. The lowest BCUT2D eigenvalue weighted by atomic mass is 9.74. The number of carbonyl (C=O) groups excluding carboxylic acids is 2. The van der Waals surface area contributed by atoms with E-state index in [2.05, 4.69) is 30.3 Å². The van der Waals surface area contributed by atoms with Gasteiger partial charge in [0.25, 0.3) is 0 Å². The summed E-state index contributed by atoms with van der Waals surface area (Å²) in [5.41, 5.74) is 1.26. The molecule has 2 unspecified atom stereocenters. The van der Waals surface area contributed by atoms with Gasteiger partial charge in [-0.2, -0.15) is 0 Å². The van der Waals surface area contributed by atoms with E-state index < -0.39 is 18.1 Å². The Morgan fingerprint density at radius 3 is 2.68 bits per heavy atom. The summed E-state index contributed by atoms with van der Waals surface area (Å²) in [4.78, 5) is 26.6. The van der Waals surface area contributed by atoms with E-state index >= 15 is 0 Å². The molecule has 6 nitrogen and oxygen atoms in total. The first-order valence-electron chi connectivity index (χ1n) is 10.2. The monoisotopic (exact) mass is 390 g/mol. The van der Waals surface area contributed by atoms with E-state index in [9.17, 15) is 9.59 Å². The standard InChI is InChI=1S/C22H34N2O4/c1-6-22(12-7-8-13-24(4)15-22)17-10-9-11-18(14-17)28-21(26)23-19(16(2)3)20(25)27-5/h9-11,14,16,19H,6-8,12-13,15H2,1-5H3,(H,23,26). The number of ether oxygens (including phenoxy) is 2. The second kappa shape index (κ2) is 9.92. The van der Waals surface area contributed by atoms with Gasteiger partial charge in [0, 0.05) is 12.0 Å². The Hall–Kier alpha value is -2.08. The minimum absolute atomic E-state index is 0.0631. The molecular weight excluding hydrogens is 356 g/mol. The Kier molecular flexibility index (Phi) is 7.87. The zero-order chi connectivity index (χ0) is 20.7. The van der Waals surface area contributed by atoms with Gasteiger partial charge in [0.15, 0.2) is 0 Å². The summed E-state index contributed by atoms with van der Waals surface area (Å²) in [5.74, 6) is -0.0922. The molecule has 2 rings (SSSR count). The zero-order valence-electron chi connectivity index (χ0n) is 17.8. The third kappa shape index (κ3) is 5.47. The number of rotatable bonds is 6. The SMILES string of the molecule is CCC1(c2cccc(OC(=O)NC(C(=O)OC)C(C)C)c2)CCCCN(C)C1. The third-order valence-corrected chi connectivity index (χ3v) is 5.75. The van der Waals surface area contributed by atoms with Crippen molar-refractivity contribution < 1.29 is 19.1 Å². The van der Waals surface area contributed by atoms with Gasteiger partial charge < -0.3 is 19.7 Å². The lowest BCUT2D eigenvalue weighted by molar-refractivity contribution is -0.144. The first-order valence-corrected chi connectivity index (χ1v) is 10.2. The number of nitrogens with zero attached hydrogens (tertiary/aromatic N) is 1. The van der Waals surface area contributed by atoms with Gasteiger partial charge in [-0.3, -0.25) is 0 Å². The molecule has 0 bridgehead atoms. The molecule has 0 saturated carbocycles. The van der Waals surface area contributed by atoms with Crippen molar-refractivity contribution in [3.63, 3.8) is 0 Å². The average molecular weight is 391 g/mol. The summed E-state index contributed by atoms with van der Waals surface area (Å²) < 4.78 is 10.3. The predicted molar refractivity (Wildman–Crippen MR) is 110 cm³/mol. The van der Waals surface area contributed by atoms with Crippen LogP contribution in [0.2, 0.25) is 0 Å². The van der Waals surface area contributed by atoms with Crippen molar-refractivity contribution in [1.29, 1.82) is 0 Å². The number of methoxy groups -OCH3 is 1. The largest absolute Gasteiger partial charge is 0.467 e. The lowest BCUT2D eigenvalue weighted by Gasteiger charge is -2.35. The third-order valence-electron chi connectivity index (χ3n) is 5.75. The number of likely N-dealkylation sites (N-methyl/N-ethyl adjacent to an activating group) is 1. The van der Waals surface area contributed by atoms with Gasteiger partial charge in [-0.25, -0.2) is 9.59 Å². The number of carbonyl (C=O) groups is 2. The molecule has 1 saturated heterocycles. The van der Waals surface area contributed by atoms with Gasteiger partial charge in [0.05, 0.1) is 7.11 Å². The Labute approximate surface area is 168 Å².